The number of benzene rings is 2. The lowest BCUT2D eigenvalue weighted by Crippen LogP contribution is -2.31. The molecule has 0 saturated carbocycles. The van der Waals surface area contributed by atoms with Crippen molar-refractivity contribution in [3.05, 3.63) is 64.4 Å². The molecule has 1 atom stereocenters. The number of carbonyl (C=O) groups is 2. The fraction of sp³-hybridized carbons (Fsp3) is 0.111. The zero-order valence-corrected chi connectivity index (χ0v) is 16.3. The van der Waals surface area contributed by atoms with Crippen molar-refractivity contribution < 1.29 is 14.0 Å². The lowest BCUT2D eigenvalue weighted by atomic mass is 10.2. The molecule has 1 fully saturated rings. The topological polar surface area (TPSA) is 88.1 Å². The fourth-order valence-corrected chi connectivity index (χ4v) is 3.54. The lowest BCUT2D eigenvalue weighted by Gasteiger charge is -2.14. The predicted molar refractivity (Wildman–Crippen MR) is 108 cm³/mol. The summed E-state index contributed by atoms with van der Waals surface area (Å²) in [7, 11) is 0. The number of hydrogen-bond acceptors (Lipinski definition) is 5. The highest BCUT2D eigenvalue weighted by Gasteiger charge is 2.40. The monoisotopic (exact) mass is 448 g/mol. The van der Waals surface area contributed by atoms with Crippen molar-refractivity contribution in [1.29, 1.82) is 0 Å². The van der Waals surface area contributed by atoms with E-state index in [9.17, 15) is 14.0 Å². The molecule has 1 saturated heterocycles. The first-order valence-electron chi connectivity index (χ1n) is 7.86. The Balaban J connectivity index is 1.67. The van der Waals surface area contributed by atoms with Crippen LogP contribution in [0.25, 0.3) is 0 Å². The number of amides is 2. The van der Waals surface area contributed by atoms with E-state index in [2.05, 4.69) is 26.1 Å². The molecule has 2 amide bonds. The smallest absolute Gasteiger partial charge is 0.247 e. The van der Waals surface area contributed by atoms with Gasteiger partial charge in [-0.3, -0.25) is 9.59 Å². The van der Waals surface area contributed by atoms with E-state index in [1.54, 1.807) is 42.5 Å². The third-order valence-corrected chi connectivity index (χ3v) is 5.22. The largest absolute Gasteiger partial charge is 0.377 e. The third kappa shape index (κ3) is 4.61. The van der Waals surface area contributed by atoms with Crippen molar-refractivity contribution in [2.45, 2.75) is 11.7 Å². The molecule has 1 heterocycles. The molecule has 138 valence electrons. The third-order valence-electron chi connectivity index (χ3n) is 3.71. The Hall–Kier alpha value is -2.52. The zero-order chi connectivity index (χ0) is 19.4. The van der Waals surface area contributed by atoms with Crippen LogP contribution in [0, 0.1) is 5.82 Å². The summed E-state index contributed by atoms with van der Waals surface area (Å²) in [6.45, 7) is 0. The molecule has 0 aromatic heterocycles. The first-order chi connectivity index (χ1) is 13.0. The van der Waals surface area contributed by atoms with Gasteiger partial charge in [0.2, 0.25) is 11.8 Å². The molecule has 0 radical (unpaired) electrons. The maximum Gasteiger partial charge on any atom is 0.247 e. The van der Waals surface area contributed by atoms with Crippen LogP contribution in [-0.4, -0.2) is 28.4 Å². The molecular weight excluding hydrogens is 435 g/mol. The Morgan fingerprint density at radius 2 is 1.93 bits per heavy atom. The fourth-order valence-electron chi connectivity index (χ4n) is 2.45. The van der Waals surface area contributed by atoms with Crippen molar-refractivity contribution in [1.82, 2.24) is 0 Å². The number of anilines is 1. The van der Waals surface area contributed by atoms with Gasteiger partial charge in [-0.2, -0.15) is 5.10 Å². The first-order valence-corrected chi connectivity index (χ1v) is 9.53. The van der Waals surface area contributed by atoms with Crippen LogP contribution in [0.4, 0.5) is 10.1 Å². The molecule has 2 aromatic carbocycles. The summed E-state index contributed by atoms with van der Waals surface area (Å²) >= 11 is 4.27. The van der Waals surface area contributed by atoms with Gasteiger partial charge in [0.05, 0.1) is 11.9 Å². The van der Waals surface area contributed by atoms with Crippen molar-refractivity contribution >= 4 is 56.6 Å². The van der Waals surface area contributed by atoms with E-state index in [-0.39, 0.29) is 29.0 Å². The molecule has 0 bridgehead atoms. The summed E-state index contributed by atoms with van der Waals surface area (Å²) in [5.41, 5.74) is 6.56. The van der Waals surface area contributed by atoms with Crippen LogP contribution in [0.2, 0.25) is 0 Å². The second kappa shape index (κ2) is 8.45. The quantitative estimate of drug-likeness (QED) is 0.336. The van der Waals surface area contributed by atoms with Gasteiger partial charge in [0.15, 0.2) is 5.17 Å². The van der Waals surface area contributed by atoms with Crippen LogP contribution in [0.15, 0.2) is 63.2 Å². The summed E-state index contributed by atoms with van der Waals surface area (Å²) in [5, 5.41) is 6.85. The highest BCUT2D eigenvalue weighted by atomic mass is 79.9. The minimum atomic E-state index is -0.673. The number of nitrogens with two attached hydrogens (primary N) is 1. The van der Waals surface area contributed by atoms with Gasteiger partial charge >= 0.3 is 0 Å². The number of nitrogens with zero attached hydrogens (tertiary/aromatic N) is 3. The highest BCUT2D eigenvalue weighted by molar-refractivity contribution is 9.10. The Kier molecular flexibility index (Phi) is 6.02. The van der Waals surface area contributed by atoms with Gasteiger partial charge in [-0.1, -0.05) is 45.9 Å². The highest BCUT2D eigenvalue weighted by Crippen LogP contribution is 2.30. The number of imide groups is 1. The van der Waals surface area contributed by atoms with Crippen LogP contribution in [0.5, 0.6) is 0 Å². The molecular formula is C18H14BrFN4O2S. The second-order valence-corrected chi connectivity index (χ2v) is 7.70. The number of hydrogen-bond donors (Lipinski definition) is 1. The van der Waals surface area contributed by atoms with E-state index in [1.165, 1.54) is 12.3 Å². The van der Waals surface area contributed by atoms with Crippen molar-refractivity contribution in [3.63, 3.8) is 0 Å². The van der Waals surface area contributed by atoms with Crippen molar-refractivity contribution in [2.24, 2.45) is 15.9 Å². The minimum Gasteiger partial charge on any atom is -0.377 e. The van der Waals surface area contributed by atoms with E-state index >= 15 is 0 Å². The molecule has 0 spiro atoms. The van der Waals surface area contributed by atoms with Gasteiger partial charge < -0.3 is 5.73 Å². The number of thioether (sulfide) groups is 1. The number of amidine groups is 1. The molecule has 6 nitrogen and oxygen atoms in total. The normalized spacial score (nSPS) is 17.9. The summed E-state index contributed by atoms with van der Waals surface area (Å²) in [6, 6.07) is 13.0. The van der Waals surface area contributed by atoms with E-state index in [0.717, 1.165) is 21.1 Å². The van der Waals surface area contributed by atoms with E-state index < -0.39 is 11.1 Å². The van der Waals surface area contributed by atoms with Crippen LogP contribution in [0.1, 0.15) is 12.0 Å². The molecule has 27 heavy (non-hydrogen) atoms. The standard InChI is InChI=1S/C18H14BrFN4O2S/c19-12-5-7-13(8-6-12)24-16(25)9-15(17(24)26)27-18(21)23-22-10-11-3-1-2-4-14(11)20/h1-8,10,15H,9H2,(H2,21,23)/b22-10+. The summed E-state index contributed by atoms with van der Waals surface area (Å²) in [4.78, 5) is 25.9. The van der Waals surface area contributed by atoms with Gasteiger partial charge in [0.1, 0.15) is 11.1 Å². The Bertz CT molecular complexity index is 933. The Morgan fingerprint density at radius 1 is 1.22 bits per heavy atom. The van der Waals surface area contributed by atoms with Gasteiger partial charge in [0, 0.05) is 16.5 Å². The summed E-state index contributed by atoms with van der Waals surface area (Å²) < 4.78 is 14.3. The van der Waals surface area contributed by atoms with E-state index in [4.69, 9.17) is 5.73 Å². The summed E-state index contributed by atoms with van der Waals surface area (Å²) in [6.07, 6.45) is 1.26. The van der Waals surface area contributed by atoms with Crippen LogP contribution < -0.4 is 10.6 Å². The molecule has 1 aliphatic rings. The van der Waals surface area contributed by atoms with Crippen LogP contribution in [0.3, 0.4) is 0 Å². The SMILES string of the molecule is N/C(=N\N=C\c1ccccc1F)SC1CC(=O)N(c2ccc(Br)cc2)C1=O. The summed E-state index contributed by atoms with van der Waals surface area (Å²) in [5.74, 6) is -1.09. The van der Waals surface area contributed by atoms with E-state index in [0.29, 0.717) is 5.69 Å². The van der Waals surface area contributed by atoms with Crippen LogP contribution >= 0.6 is 27.7 Å². The minimum absolute atomic E-state index is 0.0198. The van der Waals surface area contributed by atoms with Gasteiger partial charge in [-0.15, -0.1) is 5.10 Å². The molecule has 9 heteroatoms. The number of carbonyl (C=O) groups excluding carboxylic acids is 2. The number of halogens is 2. The molecule has 3 rings (SSSR count). The Labute approximate surface area is 167 Å². The van der Waals surface area contributed by atoms with E-state index in [1.807, 2.05) is 0 Å². The Morgan fingerprint density at radius 3 is 2.63 bits per heavy atom. The number of rotatable bonds is 4. The average Bonchev–Trinajstić information content (AvgIpc) is 2.91. The maximum absolute atomic E-state index is 13.5. The molecule has 2 aromatic rings. The molecule has 0 aliphatic carbocycles. The first kappa shape index (κ1) is 19.2. The van der Waals surface area contributed by atoms with Crippen molar-refractivity contribution in [2.75, 3.05) is 4.90 Å². The van der Waals surface area contributed by atoms with Gasteiger partial charge in [0.25, 0.3) is 0 Å². The van der Waals surface area contributed by atoms with Gasteiger partial charge in [-0.05, 0) is 30.3 Å². The van der Waals surface area contributed by atoms with Gasteiger partial charge in [-0.25, -0.2) is 9.29 Å². The van der Waals surface area contributed by atoms with Crippen molar-refractivity contribution in [3.8, 4) is 0 Å². The lowest BCUT2D eigenvalue weighted by molar-refractivity contribution is -0.121. The second-order valence-electron chi connectivity index (χ2n) is 5.56. The molecule has 2 N–H and O–H groups in total. The van der Waals surface area contributed by atoms with Crippen LogP contribution in [-0.2, 0) is 9.59 Å². The average molecular weight is 449 g/mol. The maximum atomic E-state index is 13.5. The molecule has 1 unspecified atom stereocenters. The zero-order valence-electron chi connectivity index (χ0n) is 13.9. The predicted octanol–water partition coefficient (Wildman–Crippen LogP) is 3.30. The molecule has 1 aliphatic heterocycles.